The zero-order valence-corrected chi connectivity index (χ0v) is 18.5. The van der Waals surface area contributed by atoms with Crippen molar-refractivity contribution in [3.63, 3.8) is 0 Å². The molecular weight excluding hydrogens is 450 g/mol. The van der Waals surface area contributed by atoms with Gasteiger partial charge in [0, 0.05) is 17.1 Å². The van der Waals surface area contributed by atoms with Crippen LogP contribution in [0.15, 0.2) is 58.6 Å². The zero-order chi connectivity index (χ0) is 21.9. The molecule has 0 saturated carbocycles. The highest BCUT2D eigenvalue weighted by Gasteiger charge is 2.14. The standard InChI is InChI=1S/C22H24BrN3O4/c1-4-6-17-11-16(13-25-26-22(28)21(27)24-3)12-19(29-5-2)20(17)30-14-15-7-9-18(23)10-8-15/h4,7-13H,1,5-6,14H2,2-3H3,(H,24,27)(H,26,28)/b25-13-. The Morgan fingerprint density at radius 1 is 1.17 bits per heavy atom. The number of hydrogen-bond donors (Lipinski definition) is 2. The van der Waals surface area contributed by atoms with Crippen LogP contribution in [-0.4, -0.2) is 31.7 Å². The third-order valence-electron chi connectivity index (χ3n) is 3.93. The summed E-state index contributed by atoms with van der Waals surface area (Å²) >= 11 is 3.42. The van der Waals surface area contributed by atoms with E-state index in [1.54, 1.807) is 12.1 Å². The number of halogens is 1. The van der Waals surface area contributed by atoms with Gasteiger partial charge in [0.15, 0.2) is 11.5 Å². The summed E-state index contributed by atoms with van der Waals surface area (Å²) in [5.41, 5.74) is 4.75. The maximum Gasteiger partial charge on any atom is 0.329 e. The fourth-order valence-corrected chi connectivity index (χ4v) is 2.82. The molecule has 0 unspecified atom stereocenters. The van der Waals surface area contributed by atoms with E-state index >= 15 is 0 Å². The molecule has 30 heavy (non-hydrogen) atoms. The first-order chi connectivity index (χ1) is 14.5. The van der Waals surface area contributed by atoms with Crippen LogP contribution < -0.4 is 20.2 Å². The summed E-state index contributed by atoms with van der Waals surface area (Å²) in [5, 5.41) is 6.06. The summed E-state index contributed by atoms with van der Waals surface area (Å²) < 4.78 is 12.9. The Kier molecular flexibility index (Phi) is 9.08. The summed E-state index contributed by atoms with van der Waals surface area (Å²) in [6.45, 7) is 6.53. The van der Waals surface area contributed by atoms with Gasteiger partial charge in [-0.15, -0.1) is 6.58 Å². The lowest BCUT2D eigenvalue weighted by atomic mass is 10.1. The second-order valence-corrected chi connectivity index (χ2v) is 7.04. The number of hydrazone groups is 1. The van der Waals surface area contributed by atoms with Crippen molar-refractivity contribution in [1.82, 2.24) is 10.7 Å². The van der Waals surface area contributed by atoms with Crippen molar-refractivity contribution in [3.8, 4) is 11.5 Å². The van der Waals surface area contributed by atoms with Crippen LogP contribution in [-0.2, 0) is 22.6 Å². The highest BCUT2D eigenvalue weighted by molar-refractivity contribution is 9.10. The van der Waals surface area contributed by atoms with Crippen molar-refractivity contribution >= 4 is 34.0 Å². The Balaban J connectivity index is 2.26. The van der Waals surface area contributed by atoms with E-state index in [2.05, 4.69) is 38.4 Å². The molecule has 0 radical (unpaired) electrons. The van der Waals surface area contributed by atoms with E-state index in [0.717, 1.165) is 15.6 Å². The minimum absolute atomic E-state index is 0.382. The second kappa shape index (κ2) is 11.8. The molecule has 0 fully saturated rings. The van der Waals surface area contributed by atoms with Gasteiger partial charge in [-0.3, -0.25) is 9.59 Å². The number of hydrogen-bond acceptors (Lipinski definition) is 5. The van der Waals surface area contributed by atoms with Crippen LogP contribution in [0.3, 0.4) is 0 Å². The Morgan fingerprint density at radius 3 is 2.53 bits per heavy atom. The van der Waals surface area contributed by atoms with Crippen molar-refractivity contribution in [2.75, 3.05) is 13.7 Å². The molecule has 0 atom stereocenters. The number of likely N-dealkylation sites (N-methyl/N-ethyl adjacent to an activating group) is 1. The van der Waals surface area contributed by atoms with Crippen LogP contribution in [0.1, 0.15) is 23.6 Å². The largest absolute Gasteiger partial charge is 0.490 e. The minimum Gasteiger partial charge on any atom is -0.490 e. The summed E-state index contributed by atoms with van der Waals surface area (Å²) in [4.78, 5) is 22.7. The van der Waals surface area contributed by atoms with Gasteiger partial charge in [-0.1, -0.05) is 34.1 Å². The third-order valence-corrected chi connectivity index (χ3v) is 4.46. The number of rotatable bonds is 9. The van der Waals surface area contributed by atoms with Crippen molar-refractivity contribution in [2.24, 2.45) is 5.10 Å². The monoisotopic (exact) mass is 473 g/mol. The second-order valence-electron chi connectivity index (χ2n) is 6.13. The van der Waals surface area contributed by atoms with E-state index in [0.29, 0.717) is 36.7 Å². The molecular formula is C22H24BrN3O4. The van der Waals surface area contributed by atoms with Crippen LogP contribution in [0.5, 0.6) is 11.5 Å². The lowest BCUT2D eigenvalue weighted by Crippen LogP contribution is -2.35. The van der Waals surface area contributed by atoms with Crippen LogP contribution in [0.25, 0.3) is 0 Å². The summed E-state index contributed by atoms with van der Waals surface area (Å²) in [7, 11) is 1.37. The first kappa shape index (κ1) is 23.2. The first-order valence-electron chi connectivity index (χ1n) is 9.31. The number of amides is 2. The molecule has 0 aromatic heterocycles. The average Bonchev–Trinajstić information content (AvgIpc) is 2.74. The molecule has 2 N–H and O–H groups in total. The van der Waals surface area contributed by atoms with Crippen LogP contribution >= 0.6 is 15.9 Å². The highest BCUT2D eigenvalue weighted by Crippen LogP contribution is 2.34. The van der Waals surface area contributed by atoms with E-state index < -0.39 is 11.8 Å². The molecule has 0 saturated heterocycles. The molecule has 2 amide bonds. The van der Waals surface area contributed by atoms with Gasteiger partial charge < -0.3 is 14.8 Å². The van der Waals surface area contributed by atoms with Crippen molar-refractivity contribution in [2.45, 2.75) is 20.0 Å². The lowest BCUT2D eigenvalue weighted by Gasteiger charge is -2.17. The van der Waals surface area contributed by atoms with Gasteiger partial charge in [-0.2, -0.15) is 5.10 Å². The number of carbonyl (C=O) groups excluding carboxylic acids is 2. The Hall–Kier alpha value is -3.13. The molecule has 2 aromatic carbocycles. The molecule has 0 heterocycles. The quantitative estimate of drug-likeness (QED) is 0.253. The van der Waals surface area contributed by atoms with Gasteiger partial charge in [-0.25, -0.2) is 5.43 Å². The van der Waals surface area contributed by atoms with Crippen LogP contribution in [0.2, 0.25) is 0 Å². The van der Waals surface area contributed by atoms with Gasteiger partial charge in [-0.05, 0) is 48.7 Å². The number of allylic oxidation sites excluding steroid dienone is 1. The molecule has 0 spiro atoms. The van der Waals surface area contributed by atoms with Crippen LogP contribution in [0.4, 0.5) is 0 Å². The maximum absolute atomic E-state index is 11.5. The van der Waals surface area contributed by atoms with Gasteiger partial charge in [0.1, 0.15) is 6.61 Å². The maximum atomic E-state index is 11.5. The summed E-state index contributed by atoms with van der Waals surface area (Å²) in [6.07, 6.45) is 3.77. The number of benzene rings is 2. The topological polar surface area (TPSA) is 89.0 Å². The van der Waals surface area contributed by atoms with Gasteiger partial charge in [0.25, 0.3) is 0 Å². The van der Waals surface area contributed by atoms with Gasteiger partial charge in [0.2, 0.25) is 0 Å². The first-order valence-corrected chi connectivity index (χ1v) is 10.1. The van der Waals surface area contributed by atoms with E-state index in [9.17, 15) is 9.59 Å². The molecule has 0 aliphatic heterocycles. The van der Waals surface area contributed by atoms with Crippen molar-refractivity contribution in [3.05, 3.63) is 70.2 Å². The smallest absolute Gasteiger partial charge is 0.329 e. The molecule has 8 heteroatoms. The summed E-state index contributed by atoms with van der Waals surface area (Å²) in [6, 6.07) is 11.5. The predicted molar refractivity (Wildman–Crippen MR) is 120 cm³/mol. The molecule has 2 aromatic rings. The van der Waals surface area contributed by atoms with E-state index in [1.165, 1.54) is 13.3 Å². The van der Waals surface area contributed by atoms with E-state index in [-0.39, 0.29) is 0 Å². The molecule has 2 rings (SSSR count). The molecule has 158 valence electrons. The number of nitrogens with one attached hydrogen (secondary N) is 2. The lowest BCUT2D eigenvalue weighted by molar-refractivity contribution is -0.138. The number of ether oxygens (including phenoxy) is 2. The Labute approximate surface area is 184 Å². The Bertz CT molecular complexity index is 927. The summed E-state index contributed by atoms with van der Waals surface area (Å²) in [5.74, 6) is -0.426. The molecule has 0 aliphatic carbocycles. The normalized spacial score (nSPS) is 10.5. The third kappa shape index (κ3) is 6.73. The molecule has 7 nitrogen and oxygen atoms in total. The van der Waals surface area contributed by atoms with E-state index in [4.69, 9.17) is 9.47 Å². The van der Waals surface area contributed by atoms with E-state index in [1.807, 2.05) is 37.3 Å². The fourth-order valence-electron chi connectivity index (χ4n) is 2.56. The Morgan fingerprint density at radius 2 is 1.90 bits per heavy atom. The average molecular weight is 474 g/mol. The highest BCUT2D eigenvalue weighted by atomic mass is 79.9. The zero-order valence-electron chi connectivity index (χ0n) is 16.9. The molecule has 0 bridgehead atoms. The number of nitrogens with zero attached hydrogens (tertiary/aromatic N) is 1. The molecule has 0 aliphatic rings. The van der Waals surface area contributed by atoms with Crippen molar-refractivity contribution in [1.29, 1.82) is 0 Å². The van der Waals surface area contributed by atoms with Gasteiger partial charge >= 0.3 is 11.8 Å². The SMILES string of the molecule is C=CCc1cc(/C=N\NC(=O)C(=O)NC)cc(OCC)c1OCc1ccc(Br)cc1. The van der Waals surface area contributed by atoms with Crippen molar-refractivity contribution < 1.29 is 19.1 Å². The number of carbonyl (C=O) groups is 2. The van der Waals surface area contributed by atoms with Gasteiger partial charge in [0.05, 0.1) is 12.8 Å². The van der Waals surface area contributed by atoms with Crippen LogP contribution in [0, 0.1) is 0 Å². The minimum atomic E-state index is -0.848. The predicted octanol–water partition coefficient (Wildman–Crippen LogP) is 3.35. The fraction of sp³-hybridized carbons (Fsp3) is 0.227.